The summed E-state index contributed by atoms with van der Waals surface area (Å²) in [5.41, 5.74) is 1.83. The van der Waals surface area contributed by atoms with Crippen LogP contribution in [0.1, 0.15) is 26.7 Å². The van der Waals surface area contributed by atoms with E-state index in [0.29, 0.717) is 0 Å². The summed E-state index contributed by atoms with van der Waals surface area (Å²) in [6, 6.07) is 0. The van der Waals surface area contributed by atoms with Crippen LogP contribution in [0, 0.1) is 5.41 Å². The van der Waals surface area contributed by atoms with E-state index in [4.69, 9.17) is 0 Å². The van der Waals surface area contributed by atoms with Crippen molar-refractivity contribution >= 4 is 12.6 Å². The van der Waals surface area contributed by atoms with E-state index < -0.39 is 0 Å². The molecule has 0 radical (unpaired) electrons. The summed E-state index contributed by atoms with van der Waals surface area (Å²) < 4.78 is 0. The van der Waals surface area contributed by atoms with Crippen molar-refractivity contribution in [2.45, 2.75) is 26.7 Å². The zero-order chi connectivity index (χ0) is 9.90. The highest BCUT2D eigenvalue weighted by atomic mass is 16.1. The van der Waals surface area contributed by atoms with Crippen LogP contribution in [0.3, 0.4) is 0 Å². The smallest absolute Gasteiger partial charge is 0.146 e. The van der Waals surface area contributed by atoms with Gasteiger partial charge in [0.05, 0.1) is 0 Å². The third-order valence-corrected chi connectivity index (χ3v) is 2.17. The highest BCUT2D eigenvalue weighted by molar-refractivity contribution is 5.76. The highest BCUT2D eigenvalue weighted by Gasteiger charge is 2.24. The number of allylic oxidation sites excluding steroid dienone is 4. The second kappa shape index (κ2) is 3.69. The molecular formula is C11H14O2. The van der Waals surface area contributed by atoms with Crippen LogP contribution in [0.25, 0.3) is 0 Å². The molecule has 0 aromatic carbocycles. The maximum Gasteiger partial charge on any atom is 0.146 e. The number of hydrogen-bond acceptors (Lipinski definition) is 2. The van der Waals surface area contributed by atoms with Gasteiger partial charge in [0.15, 0.2) is 0 Å². The van der Waals surface area contributed by atoms with Gasteiger partial charge >= 0.3 is 0 Å². The first-order valence-corrected chi connectivity index (χ1v) is 4.37. The summed E-state index contributed by atoms with van der Waals surface area (Å²) in [6.07, 6.45) is 6.65. The second-order valence-electron chi connectivity index (χ2n) is 4.23. The number of rotatable bonds is 2. The minimum Gasteiger partial charge on any atom is -0.299 e. The normalized spacial score (nSPS) is 23.8. The molecule has 1 rings (SSSR count). The molecule has 0 N–H and O–H groups in total. The fourth-order valence-corrected chi connectivity index (χ4v) is 1.78. The summed E-state index contributed by atoms with van der Waals surface area (Å²) in [6.45, 7) is 4.20. The maximum absolute atomic E-state index is 10.6. The molecule has 0 saturated carbocycles. The van der Waals surface area contributed by atoms with Crippen molar-refractivity contribution in [2.24, 2.45) is 5.41 Å². The molecule has 0 unspecified atom stereocenters. The Bertz CT molecular complexity index is 282. The Morgan fingerprint density at radius 3 is 2.54 bits per heavy atom. The molecule has 0 aromatic heterocycles. The van der Waals surface area contributed by atoms with Crippen LogP contribution in [0.4, 0.5) is 0 Å². The highest BCUT2D eigenvalue weighted by Crippen LogP contribution is 2.36. The minimum atomic E-state index is 0.0971. The summed E-state index contributed by atoms with van der Waals surface area (Å²) in [5, 5.41) is 0. The first-order chi connectivity index (χ1) is 6.07. The molecule has 0 bridgehead atoms. The van der Waals surface area contributed by atoms with E-state index >= 15 is 0 Å². The van der Waals surface area contributed by atoms with Crippen LogP contribution in [-0.4, -0.2) is 12.6 Å². The lowest BCUT2D eigenvalue weighted by atomic mass is 9.75. The van der Waals surface area contributed by atoms with E-state index in [1.807, 2.05) is 6.08 Å². The zero-order valence-electron chi connectivity index (χ0n) is 8.04. The number of hydrogen-bond donors (Lipinski definition) is 0. The van der Waals surface area contributed by atoms with Crippen LogP contribution in [0.15, 0.2) is 23.3 Å². The topological polar surface area (TPSA) is 34.1 Å². The van der Waals surface area contributed by atoms with Crippen molar-refractivity contribution in [3.63, 3.8) is 0 Å². The van der Waals surface area contributed by atoms with Gasteiger partial charge in [-0.1, -0.05) is 19.9 Å². The zero-order valence-corrected chi connectivity index (χ0v) is 8.04. The van der Waals surface area contributed by atoms with E-state index in [-0.39, 0.29) is 5.41 Å². The van der Waals surface area contributed by atoms with E-state index in [9.17, 15) is 9.59 Å². The van der Waals surface area contributed by atoms with Crippen molar-refractivity contribution in [3.05, 3.63) is 23.3 Å². The Morgan fingerprint density at radius 2 is 2.00 bits per heavy atom. The summed E-state index contributed by atoms with van der Waals surface area (Å²) in [5.74, 6) is 0. The van der Waals surface area contributed by atoms with E-state index in [1.165, 1.54) is 6.08 Å². The first-order valence-electron chi connectivity index (χ1n) is 4.37. The molecule has 0 saturated heterocycles. The summed E-state index contributed by atoms with van der Waals surface area (Å²) in [4.78, 5) is 20.9. The van der Waals surface area contributed by atoms with Crippen LogP contribution < -0.4 is 0 Å². The van der Waals surface area contributed by atoms with Crippen molar-refractivity contribution in [3.8, 4) is 0 Å². The Hall–Kier alpha value is -1.18. The van der Waals surface area contributed by atoms with Gasteiger partial charge in [0.25, 0.3) is 0 Å². The molecule has 0 spiro atoms. The third-order valence-electron chi connectivity index (χ3n) is 2.17. The molecule has 1 aliphatic rings. The predicted octanol–water partition coefficient (Wildman–Crippen LogP) is 2.06. The molecule has 0 aromatic rings. The fourth-order valence-electron chi connectivity index (χ4n) is 1.78. The third kappa shape index (κ3) is 2.65. The Kier molecular flexibility index (Phi) is 2.81. The van der Waals surface area contributed by atoms with Gasteiger partial charge < -0.3 is 0 Å². The standard InChI is InChI=1S/C11H14O2/c1-11(2)6-9(3-4-12)5-10(7-11)8-13/h3-5,8H,6-7H2,1-2H3/b9-3+. The number of carbonyl (C=O) groups is 2. The van der Waals surface area contributed by atoms with Gasteiger partial charge in [0.1, 0.15) is 12.6 Å². The molecule has 1 aliphatic carbocycles. The van der Waals surface area contributed by atoms with Gasteiger partial charge in [-0.05, 0) is 35.5 Å². The molecule has 2 nitrogen and oxygen atoms in total. The van der Waals surface area contributed by atoms with Crippen molar-refractivity contribution in [1.82, 2.24) is 0 Å². The van der Waals surface area contributed by atoms with Gasteiger partial charge in [-0.3, -0.25) is 9.59 Å². The van der Waals surface area contributed by atoms with Gasteiger partial charge in [-0.2, -0.15) is 0 Å². The number of aldehydes is 2. The van der Waals surface area contributed by atoms with Crippen LogP contribution in [0.2, 0.25) is 0 Å². The lowest BCUT2D eigenvalue weighted by Gasteiger charge is -2.29. The molecule has 0 fully saturated rings. The maximum atomic E-state index is 10.6. The lowest BCUT2D eigenvalue weighted by molar-refractivity contribution is -0.105. The van der Waals surface area contributed by atoms with Crippen molar-refractivity contribution in [1.29, 1.82) is 0 Å². The van der Waals surface area contributed by atoms with Crippen LogP contribution in [0.5, 0.6) is 0 Å². The van der Waals surface area contributed by atoms with Crippen molar-refractivity contribution in [2.75, 3.05) is 0 Å². The molecule has 0 aliphatic heterocycles. The van der Waals surface area contributed by atoms with E-state index in [2.05, 4.69) is 13.8 Å². The van der Waals surface area contributed by atoms with Gasteiger partial charge in [0, 0.05) is 0 Å². The van der Waals surface area contributed by atoms with E-state index in [0.717, 1.165) is 36.6 Å². The average molecular weight is 178 g/mol. The minimum absolute atomic E-state index is 0.0971. The number of carbonyl (C=O) groups excluding carboxylic acids is 2. The second-order valence-corrected chi connectivity index (χ2v) is 4.23. The molecule has 2 heteroatoms. The molecule has 13 heavy (non-hydrogen) atoms. The fraction of sp³-hybridized carbons (Fsp3) is 0.455. The average Bonchev–Trinajstić information content (AvgIpc) is 2.02. The first kappa shape index (κ1) is 9.90. The largest absolute Gasteiger partial charge is 0.299 e. The molecule has 0 amide bonds. The summed E-state index contributed by atoms with van der Waals surface area (Å²) in [7, 11) is 0. The molecular weight excluding hydrogens is 164 g/mol. The van der Waals surface area contributed by atoms with Crippen LogP contribution >= 0.6 is 0 Å². The molecule has 0 atom stereocenters. The van der Waals surface area contributed by atoms with Gasteiger partial charge in [0.2, 0.25) is 0 Å². The SMILES string of the molecule is CC1(C)CC(C=O)=C/C(=C\C=O)C1. The van der Waals surface area contributed by atoms with Crippen molar-refractivity contribution < 1.29 is 9.59 Å². The molecule has 70 valence electrons. The van der Waals surface area contributed by atoms with Gasteiger partial charge in [-0.15, -0.1) is 0 Å². The molecule has 0 heterocycles. The Labute approximate surface area is 78.3 Å². The van der Waals surface area contributed by atoms with Crippen LogP contribution in [-0.2, 0) is 9.59 Å². The predicted molar refractivity (Wildman–Crippen MR) is 51.3 cm³/mol. The Balaban J connectivity index is 2.96. The monoisotopic (exact) mass is 178 g/mol. The Morgan fingerprint density at radius 1 is 1.31 bits per heavy atom. The van der Waals surface area contributed by atoms with E-state index in [1.54, 1.807) is 0 Å². The van der Waals surface area contributed by atoms with Gasteiger partial charge in [-0.25, -0.2) is 0 Å². The summed E-state index contributed by atoms with van der Waals surface area (Å²) >= 11 is 0. The quantitative estimate of drug-likeness (QED) is 0.479. The lowest BCUT2D eigenvalue weighted by Crippen LogP contribution is -2.17.